The van der Waals surface area contributed by atoms with Gasteiger partial charge in [-0.1, -0.05) is 140 Å². The van der Waals surface area contributed by atoms with Crippen LogP contribution in [0.1, 0.15) is 0 Å². The van der Waals surface area contributed by atoms with E-state index in [1.54, 1.807) is 0 Å². The van der Waals surface area contributed by atoms with Gasteiger partial charge in [-0.25, -0.2) is 4.98 Å². The van der Waals surface area contributed by atoms with Gasteiger partial charge in [0.05, 0.1) is 16.4 Å². The fourth-order valence-corrected chi connectivity index (χ4v) is 8.56. The zero-order valence-corrected chi connectivity index (χ0v) is 30.4. The van der Waals surface area contributed by atoms with Crippen molar-refractivity contribution < 1.29 is 8.83 Å². The molecule has 12 aromatic rings. The molecule has 0 aliphatic rings. The normalized spacial score (nSPS) is 11.9. The van der Waals surface area contributed by atoms with Crippen LogP contribution in [0.4, 0.5) is 0 Å². The van der Waals surface area contributed by atoms with Gasteiger partial charge in [0.15, 0.2) is 11.6 Å². The molecule has 0 aliphatic heterocycles. The van der Waals surface area contributed by atoms with Crippen molar-refractivity contribution in [3.05, 3.63) is 182 Å². The molecule has 0 bridgehead atoms. The minimum atomic E-state index is 0.507. The fourth-order valence-electron chi connectivity index (χ4n) is 8.56. The van der Waals surface area contributed by atoms with Crippen molar-refractivity contribution in [2.75, 3.05) is 0 Å². The van der Waals surface area contributed by atoms with Gasteiger partial charge < -0.3 is 8.83 Å². The molecule has 6 nitrogen and oxygen atoms in total. The topological polar surface area (TPSA) is 69.9 Å². The lowest BCUT2D eigenvalue weighted by molar-refractivity contribution is 0.668. The van der Waals surface area contributed by atoms with Crippen molar-refractivity contribution in [3.63, 3.8) is 0 Å². The minimum Gasteiger partial charge on any atom is -0.456 e. The van der Waals surface area contributed by atoms with Crippen molar-refractivity contribution >= 4 is 65.7 Å². The predicted octanol–water partition coefficient (Wildman–Crippen LogP) is 13.4. The molecule has 0 amide bonds. The molecule has 0 fully saturated rings. The third kappa shape index (κ3) is 4.87. The number of furan rings is 2. The lowest BCUT2D eigenvalue weighted by Crippen LogP contribution is -2.07. The first-order valence-electron chi connectivity index (χ1n) is 19.0. The van der Waals surface area contributed by atoms with E-state index in [-0.39, 0.29) is 0 Å². The number of fused-ring (bicyclic) bond motifs is 10. The number of nitrogens with zero attached hydrogens (tertiary/aromatic N) is 4. The summed E-state index contributed by atoms with van der Waals surface area (Å²) in [6.45, 7) is 0. The van der Waals surface area contributed by atoms with Gasteiger partial charge in [0.1, 0.15) is 22.3 Å². The molecule has 266 valence electrons. The Morgan fingerprint density at radius 1 is 0.351 bits per heavy atom. The van der Waals surface area contributed by atoms with Crippen molar-refractivity contribution in [2.45, 2.75) is 0 Å². The lowest BCUT2D eigenvalue weighted by atomic mass is 9.96. The van der Waals surface area contributed by atoms with E-state index in [1.165, 1.54) is 0 Å². The summed E-state index contributed by atoms with van der Waals surface area (Å²) in [7, 11) is 0. The number of para-hydroxylation sites is 3. The molecule has 4 aromatic heterocycles. The van der Waals surface area contributed by atoms with Gasteiger partial charge in [-0.3, -0.25) is 4.57 Å². The van der Waals surface area contributed by atoms with Gasteiger partial charge in [0, 0.05) is 38.1 Å². The largest absolute Gasteiger partial charge is 0.456 e. The van der Waals surface area contributed by atoms with E-state index in [0.29, 0.717) is 17.6 Å². The summed E-state index contributed by atoms with van der Waals surface area (Å²) >= 11 is 0. The first-order valence-corrected chi connectivity index (χ1v) is 19.0. The van der Waals surface area contributed by atoms with Gasteiger partial charge >= 0.3 is 0 Å². The highest BCUT2D eigenvalue weighted by Gasteiger charge is 2.24. The van der Waals surface area contributed by atoms with E-state index in [2.05, 4.69) is 144 Å². The molecule has 0 radical (unpaired) electrons. The number of hydrogen-bond acceptors (Lipinski definition) is 5. The molecule has 0 saturated carbocycles. The number of aromatic nitrogens is 4. The maximum Gasteiger partial charge on any atom is 0.238 e. The van der Waals surface area contributed by atoms with Gasteiger partial charge in [-0.2, -0.15) is 9.97 Å². The van der Waals surface area contributed by atoms with E-state index >= 15 is 0 Å². The highest BCUT2D eigenvalue weighted by molar-refractivity contribution is 6.24. The van der Waals surface area contributed by atoms with E-state index in [1.807, 2.05) is 42.5 Å². The Bertz CT molecular complexity index is 3530. The Hall–Kier alpha value is -7.83. The number of rotatable bonds is 5. The molecule has 8 aromatic carbocycles. The van der Waals surface area contributed by atoms with Gasteiger partial charge in [-0.05, 0) is 64.7 Å². The van der Waals surface area contributed by atoms with Crippen molar-refractivity contribution in [1.29, 1.82) is 0 Å². The molecule has 0 aliphatic carbocycles. The summed E-state index contributed by atoms with van der Waals surface area (Å²) in [6, 6.07) is 62.5. The molecule has 4 heterocycles. The molecule has 12 rings (SSSR count). The average molecular weight is 731 g/mol. The average Bonchev–Trinajstić information content (AvgIpc) is 3.96. The summed E-state index contributed by atoms with van der Waals surface area (Å²) in [5.74, 6) is 1.61. The smallest absolute Gasteiger partial charge is 0.238 e. The molecule has 0 saturated heterocycles. The summed E-state index contributed by atoms with van der Waals surface area (Å²) in [5.41, 5.74) is 11.2. The summed E-state index contributed by atoms with van der Waals surface area (Å²) in [5, 5.41) is 6.36. The standard InChI is InChI=1S/C51H30N4O2/c1-3-15-31(16-4-1)34-19-7-8-21-37(34)50-52-49(33-29-40(32-17-5-2-6-18-32)46-38-22-10-13-25-42(38)57-45(46)30-33)53-51(54-50)55-41-24-12-9-20-35(41)36-27-28-44-47(48(36)55)39-23-11-14-26-43(39)56-44/h1-30H. The zero-order valence-electron chi connectivity index (χ0n) is 30.4. The molecule has 6 heteroatoms. The van der Waals surface area contributed by atoms with E-state index in [9.17, 15) is 0 Å². The van der Waals surface area contributed by atoms with Crippen LogP contribution in [0.15, 0.2) is 191 Å². The Kier molecular flexibility index (Phi) is 6.83. The van der Waals surface area contributed by atoms with E-state index in [4.69, 9.17) is 23.8 Å². The SMILES string of the molecule is c1ccc(-c2ccccc2-c2nc(-c3cc(-c4ccccc4)c4c(c3)oc3ccccc34)nc(-n3c4ccccc4c4ccc5oc6ccccc6c5c43)n2)cc1. The first-order chi connectivity index (χ1) is 28.3. The summed E-state index contributed by atoms with van der Waals surface area (Å²) < 4.78 is 15.2. The quantitative estimate of drug-likeness (QED) is 0.176. The zero-order chi connectivity index (χ0) is 37.5. The van der Waals surface area contributed by atoms with Crippen LogP contribution in [-0.2, 0) is 0 Å². The third-order valence-corrected chi connectivity index (χ3v) is 11.1. The first kappa shape index (κ1) is 31.5. The number of benzene rings is 8. The van der Waals surface area contributed by atoms with Crippen LogP contribution >= 0.6 is 0 Å². The third-order valence-electron chi connectivity index (χ3n) is 11.1. The summed E-state index contributed by atoms with van der Waals surface area (Å²) in [6.07, 6.45) is 0. The van der Waals surface area contributed by atoms with Crippen LogP contribution in [0.2, 0.25) is 0 Å². The Morgan fingerprint density at radius 3 is 1.68 bits per heavy atom. The molecular weight excluding hydrogens is 701 g/mol. The van der Waals surface area contributed by atoms with Crippen LogP contribution in [-0.4, -0.2) is 19.5 Å². The fraction of sp³-hybridized carbons (Fsp3) is 0. The monoisotopic (exact) mass is 730 g/mol. The Balaban J connectivity index is 1.21. The van der Waals surface area contributed by atoms with Gasteiger partial charge in [0.2, 0.25) is 5.95 Å². The van der Waals surface area contributed by atoms with Crippen LogP contribution in [0, 0.1) is 0 Å². The highest BCUT2D eigenvalue weighted by Crippen LogP contribution is 2.43. The van der Waals surface area contributed by atoms with Crippen LogP contribution in [0.3, 0.4) is 0 Å². The molecule has 0 atom stereocenters. The molecule has 0 spiro atoms. The maximum atomic E-state index is 6.58. The van der Waals surface area contributed by atoms with Crippen LogP contribution in [0.5, 0.6) is 0 Å². The second-order valence-electron chi connectivity index (χ2n) is 14.3. The second kappa shape index (κ2) is 12.3. The Labute approximate surface area is 325 Å². The van der Waals surface area contributed by atoms with Crippen molar-refractivity contribution in [2.24, 2.45) is 0 Å². The maximum absolute atomic E-state index is 6.58. The number of hydrogen-bond donors (Lipinski definition) is 0. The van der Waals surface area contributed by atoms with Crippen LogP contribution < -0.4 is 0 Å². The molecular formula is C51H30N4O2. The molecule has 0 N–H and O–H groups in total. The predicted molar refractivity (Wildman–Crippen MR) is 230 cm³/mol. The Morgan fingerprint density at radius 2 is 0.930 bits per heavy atom. The van der Waals surface area contributed by atoms with E-state index < -0.39 is 0 Å². The molecule has 57 heavy (non-hydrogen) atoms. The van der Waals surface area contributed by atoms with Crippen molar-refractivity contribution in [3.8, 4) is 51.0 Å². The lowest BCUT2D eigenvalue weighted by Gasteiger charge is -2.14. The van der Waals surface area contributed by atoms with Crippen molar-refractivity contribution in [1.82, 2.24) is 19.5 Å². The van der Waals surface area contributed by atoms with E-state index in [0.717, 1.165) is 99.1 Å². The molecule has 0 unspecified atom stereocenters. The second-order valence-corrected chi connectivity index (χ2v) is 14.3. The minimum absolute atomic E-state index is 0.507. The van der Waals surface area contributed by atoms with Gasteiger partial charge in [0.25, 0.3) is 0 Å². The highest BCUT2D eigenvalue weighted by atomic mass is 16.3. The van der Waals surface area contributed by atoms with Crippen LogP contribution in [0.25, 0.3) is 117 Å². The summed E-state index contributed by atoms with van der Waals surface area (Å²) in [4.78, 5) is 16.1. The van der Waals surface area contributed by atoms with Gasteiger partial charge in [-0.15, -0.1) is 0 Å².